The summed E-state index contributed by atoms with van der Waals surface area (Å²) < 4.78 is 41.7. The van der Waals surface area contributed by atoms with Crippen molar-refractivity contribution in [1.29, 1.82) is 5.26 Å². The number of thioether (sulfide) groups is 1. The molecule has 0 aliphatic rings. The standard InChI is InChI=1S/C52H92N2O8PS2/c1-12-16-17-18-19-20-21-22-23-24-25-26-27-28-29-33-39-59-46(55)36-37-50(6,44-53)49(5,13-2)43-51(7,52(14-3,15-4)65-47(64)45-34-31-30-32-35-45)48(56)60-41-42-62-63(57,58-11)61-40-38-54(8,9)10/h30-32,34-35H,12-29,33,36-43H2,1-11H3/q+1. The first-order valence-electron chi connectivity index (χ1n) is 25.1. The summed E-state index contributed by atoms with van der Waals surface area (Å²) in [7, 11) is 3.37. The molecule has 65 heavy (non-hydrogen) atoms. The predicted octanol–water partition coefficient (Wildman–Crippen LogP) is 14.6. The fraction of sp³-hybridized carbons (Fsp3) is 0.808. The molecule has 10 nitrogen and oxygen atoms in total. The van der Waals surface area contributed by atoms with Gasteiger partial charge in [-0.2, -0.15) is 5.26 Å². The Kier molecular flexibility index (Phi) is 30.2. The number of rotatable bonds is 39. The number of nitriles is 1. The lowest BCUT2D eigenvalue weighted by atomic mass is 9.54. The first-order valence-corrected chi connectivity index (χ1v) is 27.8. The Morgan fingerprint density at radius 2 is 1.23 bits per heavy atom. The van der Waals surface area contributed by atoms with Gasteiger partial charge in [0.05, 0.1) is 55.5 Å². The highest BCUT2D eigenvalue weighted by molar-refractivity contribution is 8.24. The van der Waals surface area contributed by atoms with E-state index < -0.39 is 34.8 Å². The molecule has 0 spiro atoms. The second kappa shape index (κ2) is 32.1. The molecule has 0 saturated carbocycles. The molecule has 13 heteroatoms. The van der Waals surface area contributed by atoms with Crippen LogP contribution in [0.25, 0.3) is 0 Å². The summed E-state index contributed by atoms with van der Waals surface area (Å²) in [6.45, 7) is 15.0. The number of hydrogen-bond acceptors (Lipinski definition) is 11. The molecule has 0 fully saturated rings. The summed E-state index contributed by atoms with van der Waals surface area (Å²) >= 11 is 7.55. The van der Waals surface area contributed by atoms with Gasteiger partial charge in [-0.1, -0.05) is 173 Å². The van der Waals surface area contributed by atoms with E-state index >= 15 is 0 Å². The SMILES string of the molecule is CCCCCCCCCCCCCCCCCCOC(=O)CCC(C)(C#N)C(C)(CC)CC(C)(C(=O)OCCOP(=O)(OC)OCC[N+](C)(C)C)C(CC)(CC)SC(=S)c1ccccc1. The topological polar surface area (TPSA) is 121 Å². The average molecular weight is 968 g/mol. The molecule has 0 aromatic heterocycles. The fourth-order valence-electron chi connectivity index (χ4n) is 8.77. The van der Waals surface area contributed by atoms with Crippen molar-refractivity contribution in [2.24, 2.45) is 16.2 Å². The number of unbranched alkanes of at least 4 members (excludes halogenated alkanes) is 15. The quantitative estimate of drug-likeness (QED) is 0.0206. The lowest BCUT2D eigenvalue weighted by Gasteiger charge is -2.52. The first kappa shape index (κ1) is 61.2. The van der Waals surface area contributed by atoms with Crippen molar-refractivity contribution in [1.82, 2.24) is 0 Å². The third-order valence-electron chi connectivity index (χ3n) is 13.9. The Labute approximate surface area is 407 Å². The molecular formula is C52H92N2O8PS2+. The van der Waals surface area contributed by atoms with Crippen molar-refractivity contribution in [3.63, 3.8) is 0 Å². The average Bonchev–Trinajstić information content (AvgIpc) is 3.29. The molecule has 0 aliphatic carbocycles. The number of thiocarbonyl (C=S) groups is 1. The van der Waals surface area contributed by atoms with Gasteiger partial charge in [-0.15, -0.1) is 11.8 Å². The lowest BCUT2D eigenvalue weighted by Crippen LogP contribution is -2.54. The van der Waals surface area contributed by atoms with E-state index in [0.717, 1.165) is 24.8 Å². The van der Waals surface area contributed by atoms with E-state index in [-0.39, 0.29) is 45.1 Å². The van der Waals surface area contributed by atoms with Crippen molar-refractivity contribution >= 4 is 47.9 Å². The van der Waals surface area contributed by atoms with Crippen LogP contribution in [0.3, 0.4) is 0 Å². The molecule has 0 amide bonds. The minimum absolute atomic E-state index is 0.104. The number of esters is 2. The number of phosphoric ester groups is 1. The Balaban J connectivity index is 2.99. The minimum atomic E-state index is -3.89. The number of ether oxygens (including phenoxy) is 2. The second-order valence-electron chi connectivity index (χ2n) is 19.8. The van der Waals surface area contributed by atoms with Crippen LogP contribution in [-0.4, -0.2) is 86.6 Å². The van der Waals surface area contributed by atoms with E-state index in [1.54, 1.807) is 0 Å². The fourth-order valence-corrected chi connectivity index (χ4v) is 11.6. The molecule has 4 unspecified atom stereocenters. The third kappa shape index (κ3) is 22.0. The highest BCUT2D eigenvalue weighted by atomic mass is 32.2. The van der Waals surface area contributed by atoms with Gasteiger partial charge < -0.3 is 14.0 Å². The second-order valence-corrected chi connectivity index (χ2v) is 23.6. The number of likely N-dealkylation sites (N-methyl/N-ethyl adjacent to an activating group) is 1. The van der Waals surface area contributed by atoms with Gasteiger partial charge in [-0.25, -0.2) is 4.57 Å². The molecule has 0 N–H and O–H groups in total. The van der Waals surface area contributed by atoms with Gasteiger partial charge in [-0.05, 0) is 63.4 Å². The van der Waals surface area contributed by atoms with Gasteiger partial charge in [0.2, 0.25) is 0 Å². The van der Waals surface area contributed by atoms with E-state index in [1.807, 2.05) is 79.2 Å². The van der Waals surface area contributed by atoms with Crippen LogP contribution in [0.2, 0.25) is 0 Å². The minimum Gasteiger partial charge on any atom is -0.466 e. The molecule has 1 rings (SSSR count). The zero-order valence-electron chi connectivity index (χ0n) is 42.9. The molecule has 0 radical (unpaired) electrons. The number of carbonyl (C=O) groups excluding carboxylic acids is 2. The van der Waals surface area contributed by atoms with E-state index in [1.165, 1.54) is 102 Å². The van der Waals surface area contributed by atoms with Crippen LogP contribution in [0, 0.1) is 27.6 Å². The Morgan fingerprint density at radius 3 is 1.69 bits per heavy atom. The van der Waals surface area contributed by atoms with E-state index in [4.69, 9.17) is 35.3 Å². The van der Waals surface area contributed by atoms with Gasteiger partial charge in [-0.3, -0.25) is 23.2 Å². The molecule has 1 aromatic carbocycles. The molecule has 1 aromatic rings. The number of quaternary nitrogens is 1. The lowest BCUT2D eigenvalue weighted by molar-refractivity contribution is -0.870. The maximum Gasteiger partial charge on any atom is 0.474 e. The first-order chi connectivity index (χ1) is 30.8. The van der Waals surface area contributed by atoms with Crippen LogP contribution >= 0.6 is 31.8 Å². The van der Waals surface area contributed by atoms with Crippen LogP contribution in [-0.2, 0) is 37.2 Å². The van der Waals surface area contributed by atoms with Gasteiger partial charge in [0.25, 0.3) is 0 Å². The summed E-state index contributed by atoms with van der Waals surface area (Å²) in [5.41, 5.74) is -2.02. The zero-order chi connectivity index (χ0) is 48.9. The molecule has 0 bridgehead atoms. The molecule has 0 heterocycles. The number of phosphoric acid groups is 1. The number of carbonyl (C=O) groups is 2. The Morgan fingerprint density at radius 1 is 0.723 bits per heavy atom. The largest absolute Gasteiger partial charge is 0.474 e. The van der Waals surface area contributed by atoms with Crippen LogP contribution < -0.4 is 0 Å². The normalized spacial score (nSPS) is 15.8. The smallest absolute Gasteiger partial charge is 0.466 e. The summed E-state index contributed by atoms with van der Waals surface area (Å²) in [4.78, 5) is 28.0. The molecule has 4 atom stereocenters. The van der Waals surface area contributed by atoms with Crippen molar-refractivity contribution < 1.29 is 41.7 Å². The Hall–Kier alpha value is -1.84. The van der Waals surface area contributed by atoms with Crippen LogP contribution in [0.1, 0.15) is 195 Å². The zero-order valence-corrected chi connectivity index (χ0v) is 45.4. The van der Waals surface area contributed by atoms with Gasteiger partial charge in [0, 0.05) is 18.3 Å². The predicted molar refractivity (Wildman–Crippen MR) is 274 cm³/mol. The number of nitrogens with zero attached hydrogens (tertiary/aromatic N) is 2. The molecular weight excluding hydrogens is 876 g/mol. The highest BCUT2D eigenvalue weighted by Gasteiger charge is 2.59. The van der Waals surface area contributed by atoms with Crippen molar-refractivity contribution in [2.75, 3.05) is 61.2 Å². The summed E-state index contributed by atoms with van der Waals surface area (Å²) in [5, 5.41) is 10.9. The molecule has 374 valence electrons. The molecule has 0 saturated heterocycles. The summed E-state index contributed by atoms with van der Waals surface area (Å²) in [6.07, 6.45) is 22.9. The molecule has 0 aliphatic heterocycles. The number of hydrogen-bond donors (Lipinski definition) is 0. The maximum atomic E-state index is 14.8. The van der Waals surface area contributed by atoms with Gasteiger partial charge in [0.15, 0.2) is 0 Å². The van der Waals surface area contributed by atoms with Crippen molar-refractivity contribution in [2.45, 2.75) is 194 Å². The summed E-state index contributed by atoms with van der Waals surface area (Å²) in [6, 6.07) is 12.4. The van der Waals surface area contributed by atoms with E-state index in [2.05, 4.69) is 26.8 Å². The highest BCUT2D eigenvalue weighted by Crippen LogP contribution is 2.59. The van der Waals surface area contributed by atoms with Crippen LogP contribution in [0.4, 0.5) is 0 Å². The van der Waals surface area contributed by atoms with Crippen LogP contribution in [0.5, 0.6) is 0 Å². The van der Waals surface area contributed by atoms with E-state index in [9.17, 15) is 19.4 Å². The third-order valence-corrected chi connectivity index (χ3v) is 17.7. The van der Waals surface area contributed by atoms with E-state index in [0.29, 0.717) is 41.1 Å². The Bertz CT molecular complexity index is 1580. The van der Waals surface area contributed by atoms with Crippen LogP contribution in [0.15, 0.2) is 30.3 Å². The van der Waals surface area contributed by atoms with Gasteiger partial charge in [0.1, 0.15) is 19.8 Å². The summed E-state index contributed by atoms with van der Waals surface area (Å²) in [5.74, 6) is -0.771. The number of benzene rings is 1. The maximum absolute atomic E-state index is 14.8. The monoisotopic (exact) mass is 968 g/mol. The van der Waals surface area contributed by atoms with Crippen molar-refractivity contribution in [3.8, 4) is 6.07 Å². The van der Waals surface area contributed by atoms with Gasteiger partial charge >= 0.3 is 19.8 Å². The van der Waals surface area contributed by atoms with Crippen molar-refractivity contribution in [3.05, 3.63) is 35.9 Å².